The molecule has 0 saturated heterocycles. The Balaban J connectivity index is 2.05. The van der Waals surface area contributed by atoms with E-state index in [2.05, 4.69) is 10.4 Å². The number of halogens is 1. The predicted molar refractivity (Wildman–Crippen MR) is 60.6 cm³/mol. The van der Waals surface area contributed by atoms with Gasteiger partial charge in [0, 0.05) is 6.07 Å². The van der Waals surface area contributed by atoms with Gasteiger partial charge in [-0.15, -0.1) is 0 Å². The summed E-state index contributed by atoms with van der Waals surface area (Å²) in [6.07, 6.45) is 1.43. The second kappa shape index (κ2) is 3.76. The molecule has 0 fully saturated rings. The topological polar surface area (TPSA) is 64.0 Å². The van der Waals surface area contributed by atoms with E-state index in [1.807, 2.05) is 0 Å². The highest BCUT2D eigenvalue weighted by atomic mass is 19.1. The third kappa shape index (κ3) is 1.50. The van der Waals surface area contributed by atoms with Crippen LogP contribution in [0.15, 0.2) is 36.5 Å². The maximum Gasteiger partial charge on any atom is 0.265 e. The van der Waals surface area contributed by atoms with Gasteiger partial charge >= 0.3 is 0 Å². The van der Waals surface area contributed by atoms with E-state index in [1.54, 1.807) is 0 Å². The monoisotopic (exact) mass is 245 g/mol. The van der Waals surface area contributed by atoms with Crippen molar-refractivity contribution in [2.75, 3.05) is 5.32 Å². The van der Waals surface area contributed by atoms with Crippen molar-refractivity contribution in [3.63, 3.8) is 0 Å². The summed E-state index contributed by atoms with van der Waals surface area (Å²) in [6, 6.07) is 6.82. The highest BCUT2D eigenvalue weighted by molar-refractivity contribution is 6.15. The molecule has 0 saturated carbocycles. The zero-order chi connectivity index (χ0) is 12.7. The van der Waals surface area contributed by atoms with Crippen LogP contribution in [0.2, 0.25) is 0 Å². The summed E-state index contributed by atoms with van der Waals surface area (Å²) in [5.74, 6) is -1.92. The molecule has 1 atom stereocenters. The fourth-order valence-corrected chi connectivity index (χ4v) is 1.96. The van der Waals surface area contributed by atoms with Crippen molar-refractivity contribution in [1.82, 2.24) is 9.78 Å². The van der Waals surface area contributed by atoms with Crippen LogP contribution < -0.4 is 5.32 Å². The zero-order valence-electron chi connectivity index (χ0n) is 9.13. The van der Waals surface area contributed by atoms with Crippen LogP contribution in [0.25, 0.3) is 0 Å². The summed E-state index contributed by atoms with van der Waals surface area (Å²) in [7, 11) is 0. The number of aromatic nitrogens is 2. The van der Waals surface area contributed by atoms with Crippen LogP contribution in [0.5, 0.6) is 0 Å². The summed E-state index contributed by atoms with van der Waals surface area (Å²) in [5, 5.41) is 6.42. The van der Waals surface area contributed by atoms with Crippen molar-refractivity contribution in [2.24, 2.45) is 0 Å². The number of hydrogen-bond acceptors (Lipinski definition) is 3. The summed E-state index contributed by atoms with van der Waals surface area (Å²) in [6.45, 7) is 0. The number of carbonyl (C=O) groups is 2. The normalized spacial score (nSPS) is 18.4. The fourth-order valence-electron chi connectivity index (χ4n) is 1.96. The van der Waals surface area contributed by atoms with Gasteiger partial charge in [0.05, 0.1) is 6.20 Å². The van der Waals surface area contributed by atoms with Gasteiger partial charge in [0.25, 0.3) is 5.91 Å². The minimum Gasteiger partial charge on any atom is -0.310 e. The number of fused-ring (bicyclic) bond motifs is 1. The molecular formula is C12H8FN3O2. The number of carbonyl (C=O) groups excluding carboxylic acids is 2. The van der Waals surface area contributed by atoms with Crippen molar-refractivity contribution < 1.29 is 14.0 Å². The minimum absolute atomic E-state index is 0.350. The van der Waals surface area contributed by atoms with Gasteiger partial charge in [-0.05, 0) is 17.7 Å². The van der Waals surface area contributed by atoms with Crippen molar-refractivity contribution in [2.45, 2.75) is 5.92 Å². The molecule has 1 N–H and O–H groups in total. The third-order valence-electron chi connectivity index (χ3n) is 2.82. The van der Waals surface area contributed by atoms with Crippen LogP contribution >= 0.6 is 0 Å². The van der Waals surface area contributed by atoms with Crippen LogP contribution in [0, 0.1) is 5.82 Å². The van der Waals surface area contributed by atoms with Crippen molar-refractivity contribution >= 4 is 17.6 Å². The lowest BCUT2D eigenvalue weighted by Gasteiger charge is -2.21. The van der Waals surface area contributed by atoms with Gasteiger partial charge in [-0.25, -0.2) is 4.39 Å². The Morgan fingerprint density at radius 2 is 1.89 bits per heavy atom. The van der Waals surface area contributed by atoms with Gasteiger partial charge in [0.15, 0.2) is 0 Å². The van der Waals surface area contributed by atoms with E-state index in [4.69, 9.17) is 0 Å². The van der Waals surface area contributed by atoms with Crippen LogP contribution in [0.4, 0.5) is 10.2 Å². The Labute approximate surface area is 101 Å². The van der Waals surface area contributed by atoms with E-state index < -0.39 is 23.5 Å². The van der Waals surface area contributed by atoms with Gasteiger partial charge < -0.3 is 5.32 Å². The molecule has 0 aliphatic carbocycles. The Hall–Kier alpha value is -2.50. The maximum absolute atomic E-state index is 12.8. The van der Waals surface area contributed by atoms with Crippen molar-refractivity contribution in [3.8, 4) is 0 Å². The van der Waals surface area contributed by atoms with Gasteiger partial charge in [0.2, 0.25) is 5.91 Å². The largest absolute Gasteiger partial charge is 0.310 e. The Morgan fingerprint density at radius 3 is 2.61 bits per heavy atom. The number of hydrogen-bond donors (Lipinski definition) is 1. The molecule has 90 valence electrons. The van der Waals surface area contributed by atoms with Crippen LogP contribution in [0.1, 0.15) is 16.3 Å². The van der Waals surface area contributed by atoms with Gasteiger partial charge in [0.1, 0.15) is 17.6 Å². The lowest BCUT2D eigenvalue weighted by molar-refractivity contribution is -0.117. The lowest BCUT2D eigenvalue weighted by atomic mass is 9.96. The van der Waals surface area contributed by atoms with E-state index in [0.29, 0.717) is 11.4 Å². The highest BCUT2D eigenvalue weighted by Gasteiger charge is 2.35. The molecule has 2 aromatic rings. The number of benzene rings is 1. The second-order valence-corrected chi connectivity index (χ2v) is 3.94. The standard InChI is InChI=1S/C12H8FN3O2/c13-8-3-1-7(2-4-8)10-11(17)15-9-5-6-14-16(9)12(10)18/h1-6,10H,(H,15,17). The number of anilines is 1. The quantitative estimate of drug-likeness (QED) is 0.772. The molecule has 3 rings (SSSR count). The SMILES string of the molecule is O=C1Nc2ccnn2C(=O)C1c1ccc(F)cc1. The van der Waals surface area contributed by atoms with E-state index in [0.717, 1.165) is 4.68 Å². The second-order valence-electron chi connectivity index (χ2n) is 3.94. The first-order valence-electron chi connectivity index (χ1n) is 5.31. The average molecular weight is 245 g/mol. The van der Waals surface area contributed by atoms with Crippen LogP contribution in [-0.2, 0) is 4.79 Å². The fraction of sp³-hybridized carbons (Fsp3) is 0.0833. The van der Waals surface area contributed by atoms with E-state index in [1.165, 1.54) is 36.5 Å². The zero-order valence-corrected chi connectivity index (χ0v) is 9.13. The molecule has 6 heteroatoms. The molecule has 2 heterocycles. The summed E-state index contributed by atoms with van der Waals surface area (Å²) in [5.41, 5.74) is 0.444. The van der Waals surface area contributed by atoms with Gasteiger partial charge in [-0.2, -0.15) is 9.78 Å². The first-order chi connectivity index (χ1) is 8.66. The maximum atomic E-state index is 12.8. The molecule has 1 aromatic heterocycles. The lowest BCUT2D eigenvalue weighted by Crippen LogP contribution is -2.38. The Kier molecular flexibility index (Phi) is 2.22. The smallest absolute Gasteiger partial charge is 0.265 e. The van der Waals surface area contributed by atoms with E-state index >= 15 is 0 Å². The first kappa shape index (κ1) is 10.6. The molecule has 1 aromatic carbocycles. The molecule has 0 spiro atoms. The molecule has 1 aliphatic rings. The van der Waals surface area contributed by atoms with Crippen molar-refractivity contribution in [3.05, 3.63) is 47.9 Å². The molecule has 18 heavy (non-hydrogen) atoms. The molecule has 0 bridgehead atoms. The highest BCUT2D eigenvalue weighted by Crippen LogP contribution is 2.26. The molecule has 1 aliphatic heterocycles. The molecular weight excluding hydrogens is 237 g/mol. The predicted octanol–water partition coefficient (Wildman–Crippen LogP) is 1.40. The molecule has 1 unspecified atom stereocenters. The third-order valence-corrected chi connectivity index (χ3v) is 2.82. The van der Waals surface area contributed by atoms with Gasteiger partial charge in [-0.3, -0.25) is 9.59 Å². The van der Waals surface area contributed by atoms with Gasteiger partial charge in [-0.1, -0.05) is 12.1 Å². The number of amides is 1. The molecule has 0 radical (unpaired) electrons. The van der Waals surface area contributed by atoms with Crippen molar-refractivity contribution in [1.29, 1.82) is 0 Å². The summed E-state index contributed by atoms with van der Waals surface area (Å²) in [4.78, 5) is 24.0. The Bertz CT molecular complexity index is 633. The van der Waals surface area contributed by atoms with Crippen LogP contribution in [-0.4, -0.2) is 21.6 Å². The number of rotatable bonds is 1. The van der Waals surface area contributed by atoms with E-state index in [9.17, 15) is 14.0 Å². The van der Waals surface area contributed by atoms with E-state index in [-0.39, 0.29) is 0 Å². The number of nitrogens with zero attached hydrogens (tertiary/aromatic N) is 2. The Morgan fingerprint density at radius 1 is 1.17 bits per heavy atom. The minimum atomic E-state index is -0.988. The average Bonchev–Trinajstić information content (AvgIpc) is 2.80. The summed E-state index contributed by atoms with van der Waals surface area (Å²) >= 11 is 0. The summed E-state index contributed by atoms with van der Waals surface area (Å²) < 4.78 is 14.0. The molecule has 5 nitrogen and oxygen atoms in total. The first-order valence-corrected chi connectivity index (χ1v) is 5.31. The number of nitrogens with one attached hydrogen (secondary N) is 1. The molecule has 1 amide bonds. The van der Waals surface area contributed by atoms with Crippen LogP contribution in [0.3, 0.4) is 0 Å².